The fourth-order valence-electron chi connectivity index (χ4n) is 2.45. The SMILES string of the molecule is O=C(NO)c1ccc(-c2noc(-c3ccc(OCCF)c(C(F)(F)F)c3)n2)cc1. The quantitative estimate of drug-likeness (QED) is 0.363. The number of ether oxygens (including phenoxy) is 1. The summed E-state index contributed by atoms with van der Waals surface area (Å²) in [6.07, 6.45) is -4.73. The first-order valence-electron chi connectivity index (χ1n) is 8.12. The van der Waals surface area contributed by atoms with Crippen molar-refractivity contribution in [2.24, 2.45) is 0 Å². The first kappa shape index (κ1) is 20.3. The monoisotopic (exact) mass is 411 g/mol. The fraction of sp³-hybridized carbons (Fsp3) is 0.167. The van der Waals surface area contributed by atoms with Crippen LogP contribution in [-0.4, -0.2) is 34.5 Å². The number of hydroxylamine groups is 1. The Morgan fingerprint density at radius 3 is 2.45 bits per heavy atom. The van der Waals surface area contributed by atoms with Crippen LogP contribution in [0.3, 0.4) is 0 Å². The molecule has 1 heterocycles. The first-order valence-corrected chi connectivity index (χ1v) is 8.12. The number of benzene rings is 2. The number of amides is 1. The third-order valence-electron chi connectivity index (χ3n) is 3.80. The molecule has 0 unspecified atom stereocenters. The molecule has 0 saturated carbocycles. The zero-order valence-electron chi connectivity index (χ0n) is 14.5. The predicted molar refractivity (Wildman–Crippen MR) is 90.9 cm³/mol. The molecule has 1 amide bonds. The van der Waals surface area contributed by atoms with Crippen LogP contribution in [0.15, 0.2) is 47.0 Å². The Labute approximate surface area is 160 Å². The molecule has 152 valence electrons. The Kier molecular flexibility index (Phi) is 5.78. The molecule has 0 aliphatic rings. The second kappa shape index (κ2) is 8.27. The minimum Gasteiger partial charge on any atom is -0.490 e. The van der Waals surface area contributed by atoms with Gasteiger partial charge in [0.25, 0.3) is 11.8 Å². The van der Waals surface area contributed by atoms with Gasteiger partial charge in [0, 0.05) is 16.7 Å². The highest BCUT2D eigenvalue weighted by Crippen LogP contribution is 2.38. The highest BCUT2D eigenvalue weighted by Gasteiger charge is 2.35. The van der Waals surface area contributed by atoms with Crippen molar-refractivity contribution >= 4 is 5.91 Å². The average Bonchev–Trinajstić information content (AvgIpc) is 3.21. The maximum Gasteiger partial charge on any atom is 0.419 e. The maximum atomic E-state index is 13.3. The summed E-state index contributed by atoms with van der Waals surface area (Å²) in [6, 6.07) is 8.88. The largest absolute Gasteiger partial charge is 0.490 e. The van der Waals surface area contributed by atoms with Crippen LogP contribution in [0.2, 0.25) is 0 Å². The predicted octanol–water partition coefficient (Wildman–Crippen LogP) is 3.89. The van der Waals surface area contributed by atoms with E-state index in [0.29, 0.717) is 5.56 Å². The number of aromatic nitrogens is 2. The van der Waals surface area contributed by atoms with Gasteiger partial charge in [-0.25, -0.2) is 9.87 Å². The number of alkyl halides is 4. The van der Waals surface area contributed by atoms with E-state index in [1.807, 2.05) is 0 Å². The molecular formula is C18H13F4N3O4. The number of rotatable bonds is 6. The lowest BCUT2D eigenvalue weighted by Crippen LogP contribution is -2.18. The molecule has 0 aliphatic carbocycles. The summed E-state index contributed by atoms with van der Waals surface area (Å²) < 4.78 is 61.9. The lowest BCUT2D eigenvalue weighted by molar-refractivity contribution is -0.138. The Morgan fingerprint density at radius 2 is 1.83 bits per heavy atom. The highest BCUT2D eigenvalue weighted by atomic mass is 19.4. The molecule has 0 spiro atoms. The van der Waals surface area contributed by atoms with Gasteiger partial charge in [-0.2, -0.15) is 18.2 Å². The molecule has 0 fully saturated rings. The van der Waals surface area contributed by atoms with Gasteiger partial charge < -0.3 is 9.26 Å². The number of carbonyl (C=O) groups is 1. The van der Waals surface area contributed by atoms with Crippen LogP contribution in [0.1, 0.15) is 15.9 Å². The van der Waals surface area contributed by atoms with Crippen LogP contribution in [0.5, 0.6) is 5.75 Å². The maximum absolute atomic E-state index is 13.3. The normalized spacial score (nSPS) is 11.3. The van der Waals surface area contributed by atoms with Crippen molar-refractivity contribution in [2.75, 3.05) is 13.3 Å². The average molecular weight is 411 g/mol. The number of hydrogen-bond donors (Lipinski definition) is 2. The van der Waals surface area contributed by atoms with Gasteiger partial charge >= 0.3 is 6.18 Å². The summed E-state index contributed by atoms with van der Waals surface area (Å²) in [5, 5.41) is 12.3. The van der Waals surface area contributed by atoms with Crippen molar-refractivity contribution in [2.45, 2.75) is 6.18 Å². The minimum absolute atomic E-state index is 0.0000445. The second-order valence-corrected chi connectivity index (χ2v) is 5.69. The topological polar surface area (TPSA) is 97.5 Å². The molecule has 7 nitrogen and oxygen atoms in total. The Hall–Kier alpha value is -3.47. The van der Waals surface area contributed by atoms with Crippen molar-refractivity contribution in [1.29, 1.82) is 0 Å². The van der Waals surface area contributed by atoms with Gasteiger partial charge in [0.1, 0.15) is 19.0 Å². The standard InChI is InChI=1S/C18H13F4N3O4/c19-7-8-28-14-6-5-12(9-13(14)18(20,21)22)17-23-15(25-29-17)10-1-3-11(4-2-10)16(26)24-27/h1-6,9,27H,7-8H2,(H,24,26). The van der Waals surface area contributed by atoms with E-state index in [9.17, 15) is 22.4 Å². The molecular weight excluding hydrogens is 398 g/mol. The summed E-state index contributed by atoms with van der Waals surface area (Å²) in [5.74, 6) is -1.29. The summed E-state index contributed by atoms with van der Waals surface area (Å²) in [7, 11) is 0. The van der Waals surface area contributed by atoms with Gasteiger partial charge in [0.15, 0.2) is 0 Å². The molecule has 1 aromatic heterocycles. The van der Waals surface area contributed by atoms with Crippen molar-refractivity contribution in [3.63, 3.8) is 0 Å². The fourth-order valence-corrected chi connectivity index (χ4v) is 2.45. The molecule has 0 radical (unpaired) electrons. The Morgan fingerprint density at radius 1 is 1.14 bits per heavy atom. The molecule has 0 saturated heterocycles. The van der Waals surface area contributed by atoms with Crippen molar-refractivity contribution in [3.05, 3.63) is 53.6 Å². The molecule has 0 atom stereocenters. The lowest BCUT2D eigenvalue weighted by atomic mass is 10.1. The zero-order chi connectivity index (χ0) is 21.0. The van der Waals surface area contributed by atoms with E-state index in [1.54, 1.807) is 0 Å². The van der Waals surface area contributed by atoms with E-state index in [0.717, 1.165) is 12.1 Å². The molecule has 0 bridgehead atoms. The lowest BCUT2D eigenvalue weighted by Gasteiger charge is -2.13. The van der Waals surface area contributed by atoms with Crippen LogP contribution >= 0.6 is 0 Å². The van der Waals surface area contributed by atoms with E-state index < -0.39 is 36.7 Å². The molecule has 29 heavy (non-hydrogen) atoms. The van der Waals surface area contributed by atoms with Gasteiger partial charge in [-0.1, -0.05) is 17.3 Å². The number of carbonyl (C=O) groups excluding carboxylic acids is 1. The van der Waals surface area contributed by atoms with E-state index in [1.165, 1.54) is 35.8 Å². The third kappa shape index (κ3) is 4.51. The van der Waals surface area contributed by atoms with Crippen LogP contribution < -0.4 is 10.2 Å². The summed E-state index contributed by atoms with van der Waals surface area (Å²) in [5.41, 5.74) is 1.01. The minimum atomic E-state index is -4.73. The van der Waals surface area contributed by atoms with Gasteiger partial charge in [0.05, 0.1) is 5.56 Å². The van der Waals surface area contributed by atoms with E-state index in [2.05, 4.69) is 10.1 Å². The highest BCUT2D eigenvalue weighted by molar-refractivity contribution is 5.93. The van der Waals surface area contributed by atoms with Gasteiger partial charge in [-0.15, -0.1) is 0 Å². The summed E-state index contributed by atoms with van der Waals surface area (Å²) in [4.78, 5) is 15.4. The van der Waals surface area contributed by atoms with Crippen LogP contribution in [0.4, 0.5) is 17.6 Å². The molecule has 3 aromatic rings. The molecule has 11 heteroatoms. The van der Waals surface area contributed by atoms with Crippen LogP contribution in [0.25, 0.3) is 22.8 Å². The number of nitrogens with one attached hydrogen (secondary N) is 1. The molecule has 2 N–H and O–H groups in total. The number of nitrogens with zero attached hydrogens (tertiary/aromatic N) is 2. The zero-order valence-corrected chi connectivity index (χ0v) is 14.5. The second-order valence-electron chi connectivity index (χ2n) is 5.69. The summed E-state index contributed by atoms with van der Waals surface area (Å²) >= 11 is 0. The van der Waals surface area contributed by atoms with Gasteiger partial charge in [-0.05, 0) is 30.3 Å². The smallest absolute Gasteiger partial charge is 0.419 e. The third-order valence-corrected chi connectivity index (χ3v) is 3.80. The van der Waals surface area contributed by atoms with Gasteiger partial charge in [0.2, 0.25) is 5.82 Å². The number of halogens is 4. The van der Waals surface area contributed by atoms with E-state index in [-0.39, 0.29) is 22.8 Å². The van der Waals surface area contributed by atoms with Gasteiger partial charge in [-0.3, -0.25) is 10.0 Å². The molecule has 3 rings (SSSR count). The molecule has 0 aliphatic heterocycles. The first-order chi connectivity index (χ1) is 13.8. The molecule has 2 aromatic carbocycles. The Balaban J connectivity index is 1.90. The van der Waals surface area contributed by atoms with Crippen molar-refractivity contribution < 1.29 is 36.8 Å². The van der Waals surface area contributed by atoms with Crippen molar-refractivity contribution in [1.82, 2.24) is 15.6 Å². The van der Waals surface area contributed by atoms with Crippen LogP contribution in [0, 0.1) is 0 Å². The van der Waals surface area contributed by atoms with Crippen molar-refractivity contribution in [3.8, 4) is 28.6 Å². The Bertz CT molecular complexity index is 1000. The van der Waals surface area contributed by atoms with E-state index >= 15 is 0 Å². The van der Waals surface area contributed by atoms with E-state index in [4.69, 9.17) is 14.5 Å². The van der Waals surface area contributed by atoms with Crippen LogP contribution in [-0.2, 0) is 6.18 Å². The number of hydrogen-bond acceptors (Lipinski definition) is 6. The summed E-state index contributed by atoms with van der Waals surface area (Å²) in [6.45, 7) is -1.43.